The van der Waals surface area contributed by atoms with Crippen LogP contribution in [0.3, 0.4) is 0 Å². The molecule has 17 heavy (non-hydrogen) atoms. The summed E-state index contributed by atoms with van der Waals surface area (Å²) in [5.41, 5.74) is 0.711. The van der Waals surface area contributed by atoms with Crippen LogP contribution in [0.25, 0.3) is 0 Å². The highest BCUT2D eigenvalue weighted by atomic mass is 19.3. The first-order valence-electron chi connectivity index (χ1n) is 5.23. The lowest BCUT2D eigenvalue weighted by atomic mass is 10.1. The summed E-state index contributed by atoms with van der Waals surface area (Å²) in [6.07, 6.45) is 0.245. The Morgan fingerprint density at radius 1 is 1.35 bits per heavy atom. The Hall–Kier alpha value is -1.65. The van der Waals surface area contributed by atoms with Gasteiger partial charge in [-0.2, -0.15) is 8.78 Å². The van der Waals surface area contributed by atoms with Crippen LogP contribution >= 0.6 is 0 Å². The van der Waals surface area contributed by atoms with Gasteiger partial charge in [-0.1, -0.05) is 6.07 Å². The number of ether oxygens (including phenoxy) is 2. The summed E-state index contributed by atoms with van der Waals surface area (Å²) in [4.78, 5) is 11.0. The molecule has 1 aromatic carbocycles. The van der Waals surface area contributed by atoms with Crippen LogP contribution in [0.1, 0.15) is 19.4 Å². The predicted molar refractivity (Wildman–Crippen MR) is 58.6 cm³/mol. The summed E-state index contributed by atoms with van der Waals surface area (Å²) in [7, 11) is 0. The van der Waals surface area contributed by atoms with Crippen molar-refractivity contribution in [3.63, 3.8) is 0 Å². The molecule has 1 rings (SSSR count). The number of carbonyl (C=O) groups excluding carboxylic acids is 1. The largest absolute Gasteiger partial charge is 0.490 e. The molecule has 0 aliphatic carbocycles. The zero-order chi connectivity index (χ0) is 12.8. The molecule has 0 aliphatic heterocycles. The number of alkyl halides is 2. The van der Waals surface area contributed by atoms with E-state index in [1.807, 2.05) is 0 Å². The van der Waals surface area contributed by atoms with Crippen molar-refractivity contribution in [3.8, 4) is 11.5 Å². The number of ketones is 1. The summed E-state index contributed by atoms with van der Waals surface area (Å²) < 4.78 is 33.7. The van der Waals surface area contributed by atoms with Gasteiger partial charge in [-0.25, -0.2) is 0 Å². The number of hydrogen-bond acceptors (Lipinski definition) is 3. The molecule has 0 fully saturated rings. The van der Waals surface area contributed by atoms with E-state index < -0.39 is 6.61 Å². The van der Waals surface area contributed by atoms with Gasteiger partial charge in [0.05, 0.1) is 6.61 Å². The van der Waals surface area contributed by atoms with Gasteiger partial charge in [0.25, 0.3) is 0 Å². The van der Waals surface area contributed by atoms with Crippen molar-refractivity contribution in [2.45, 2.75) is 26.9 Å². The molecule has 0 aliphatic rings. The van der Waals surface area contributed by atoms with Crippen molar-refractivity contribution in [2.75, 3.05) is 6.61 Å². The van der Waals surface area contributed by atoms with Gasteiger partial charge < -0.3 is 9.47 Å². The number of Topliss-reactive ketones (excluding diaryl/α,β-unsaturated/α-hetero) is 1. The predicted octanol–water partition coefficient (Wildman–Crippen LogP) is 2.82. The minimum atomic E-state index is -2.90. The second-order valence-corrected chi connectivity index (χ2v) is 3.47. The zero-order valence-corrected chi connectivity index (χ0v) is 9.70. The van der Waals surface area contributed by atoms with Gasteiger partial charge in [0.2, 0.25) is 0 Å². The Balaban J connectivity index is 2.94. The molecule has 0 amide bonds. The first-order valence-corrected chi connectivity index (χ1v) is 5.23. The highest BCUT2D eigenvalue weighted by molar-refractivity contribution is 5.78. The topological polar surface area (TPSA) is 35.5 Å². The van der Waals surface area contributed by atoms with Gasteiger partial charge in [-0.05, 0) is 31.5 Å². The molecular formula is C12H14F2O3. The lowest BCUT2D eigenvalue weighted by Gasteiger charge is -2.12. The van der Waals surface area contributed by atoms with Crippen LogP contribution in [0, 0.1) is 0 Å². The van der Waals surface area contributed by atoms with Crippen LogP contribution in [0.15, 0.2) is 18.2 Å². The number of rotatable bonds is 6. The third-order valence-electron chi connectivity index (χ3n) is 1.98. The molecule has 0 bridgehead atoms. The Morgan fingerprint density at radius 3 is 2.59 bits per heavy atom. The summed E-state index contributed by atoms with van der Waals surface area (Å²) >= 11 is 0. The van der Waals surface area contributed by atoms with Crippen LogP contribution in [0.4, 0.5) is 8.78 Å². The second-order valence-electron chi connectivity index (χ2n) is 3.47. The maximum atomic E-state index is 12.1. The quantitative estimate of drug-likeness (QED) is 0.771. The summed E-state index contributed by atoms with van der Waals surface area (Å²) in [6, 6.07) is 4.50. The lowest BCUT2D eigenvalue weighted by Crippen LogP contribution is -2.05. The van der Waals surface area contributed by atoms with Crippen LogP contribution in [0.5, 0.6) is 11.5 Å². The maximum absolute atomic E-state index is 12.1. The fourth-order valence-corrected chi connectivity index (χ4v) is 1.41. The van der Waals surface area contributed by atoms with Crippen LogP contribution in [0.2, 0.25) is 0 Å². The molecule has 0 spiro atoms. The lowest BCUT2D eigenvalue weighted by molar-refractivity contribution is -0.116. The Bertz CT molecular complexity index is 391. The van der Waals surface area contributed by atoms with E-state index in [4.69, 9.17) is 4.74 Å². The van der Waals surface area contributed by atoms with Gasteiger partial charge in [0.1, 0.15) is 5.78 Å². The third kappa shape index (κ3) is 4.38. The second kappa shape index (κ2) is 6.18. The number of hydrogen-bond donors (Lipinski definition) is 0. The van der Waals surface area contributed by atoms with Gasteiger partial charge in [-0.3, -0.25) is 4.79 Å². The fraction of sp³-hybridized carbons (Fsp3) is 0.417. The standard InChI is InChI=1S/C12H14F2O3/c1-3-16-11-7-9(6-8(2)15)4-5-10(11)17-12(13)14/h4-5,7,12H,3,6H2,1-2H3. The van der Waals surface area contributed by atoms with E-state index in [-0.39, 0.29) is 23.7 Å². The molecule has 0 radical (unpaired) electrons. The van der Waals surface area contributed by atoms with E-state index in [1.54, 1.807) is 19.1 Å². The molecule has 94 valence electrons. The Kier molecular flexibility index (Phi) is 4.87. The van der Waals surface area contributed by atoms with Crippen molar-refractivity contribution in [3.05, 3.63) is 23.8 Å². The zero-order valence-electron chi connectivity index (χ0n) is 9.70. The minimum absolute atomic E-state index is 0.00465. The normalized spacial score (nSPS) is 10.4. The van der Waals surface area contributed by atoms with Crippen molar-refractivity contribution in [1.29, 1.82) is 0 Å². The molecule has 0 saturated heterocycles. The monoisotopic (exact) mass is 244 g/mol. The third-order valence-corrected chi connectivity index (χ3v) is 1.98. The van der Waals surface area contributed by atoms with Crippen molar-refractivity contribution < 1.29 is 23.0 Å². The summed E-state index contributed by atoms with van der Waals surface area (Å²) in [5.74, 6) is 0.204. The molecule has 5 heteroatoms. The first-order chi connectivity index (χ1) is 8.02. The smallest absolute Gasteiger partial charge is 0.387 e. The average molecular weight is 244 g/mol. The van der Waals surface area contributed by atoms with E-state index in [0.29, 0.717) is 12.2 Å². The van der Waals surface area contributed by atoms with Crippen LogP contribution in [-0.4, -0.2) is 19.0 Å². The molecule has 0 atom stereocenters. The molecule has 0 aromatic heterocycles. The van der Waals surface area contributed by atoms with E-state index in [9.17, 15) is 13.6 Å². The van der Waals surface area contributed by atoms with E-state index >= 15 is 0 Å². The van der Waals surface area contributed by atoms with Crippen molar-refractivity contribution in [2.24, 2.45) is 0 Å². The number of halogens is 2. The molecule has 0 unspecified atom stereocenters. The Morgan fingerprint density at radius 2 is 2.06 bits per heavy atom. The summed E-state index contributed by atoms with van der Waals surface area (Å²) in [6.45, 7) is 0.643. The maximum Gasteiger partial charge on any atom is 0.387 e. The van der Waals surface area contributed by atoms with Gasteiger partial charge in [-0.15, -0.1) is 0 Å². The average Bonchev–Trinajstić information content (AvgIpc) is 2.21. The number of carbonyl (C=O) groups is 1. The van der Waals surface area contributed by atoms with Gasteiger partial charge in [0.15, 0.2) is 11.5 Å². The molecule has 3 nitrogen and oxygen atoms in total. The Labute approximate surface area is 98.3 Å². The highest BCUT2D eigenvalue weighted by Crippen LogP contribution is 2.30. The van der Waals surface area contributed by atoms with Crippen LogP contribution in [-0.2, 0) is 11.2 Å². The number of benzene rings is 1. The molecule has 0 N–H and O–H groups in total. The van der Waals surface area contributed by atoms with Crippen molar-refractivity contribution >= 4 is 5.78 Å². The van der Waals surface area contributed by atoms with Gasteiger partial charge in [0, 0.05) is 6.42 Å². The van der Waals surface area contributed by atoms with E-state index in [2.05, 4.69) is 4.74 Å². The molecule has 0 heterocycles. The van der Waals surface area contributed by atoms with Crippen LogP contribution < -0.4 is 9.47 Å². The van der Waals surface area contributed by atoms with E-state index in [0.717, 1.165) is 0 Å². The van der Waals surface area contributed by atoms with E-state index in [1.165, 1.54) is 13.0 Å². The van der Waals surface area contributed by atoms with Crippen molar-refractivity contribution in [1.82, 2.24) is 0 Å². The SMILES string of the molecule is CCOc1cc(CC(C)=O)ccc1OC(F)F. The first kappa shape index (κ1) is 13.4. The molecular weight excluding hydrogens is 230 g/mol. The highest BCUT2D eigenvalue weighted by Gasteiger charge is 2.11. The molecule has 0 saturated carbocycles. The fourth-order valence-electron chi connectivity index (χ4n) is 1.41. The summed E-state index contributed by atoms with van der Waals surface area (Å²) in [5, 5.41) is 0. The van der Waals surface area contributed by atoms with Gasteiger partial charge >= 0.3 is 6.61 Å². The minimum Gasteiger partial charge on any atom is -0.490 e. The molecule has 1 aromatic rings.